The number of thioether (sulfide) groups is 1. The van der Waals surface area contributed by atoms with E-state index in [0.717, 1.165) is 12.4 Å². The molecule has 1 aromatic carbocycles. The molecule has 0 aromatic heterocycles. The van der Waals surface area contributed by atoms with Crippen LogP contribution in [0.3, 0.4) is 0 Å². The van der Waals surface area contributed by atoms with E-state index in [-0.39, 0.29) is 5.37 Å². The zero-order valence-electron chi connectivity index (χ0n) is 9.28. The largest absolute Gasteiger partial charge is 0.335 e. The van der Waals surface area contributed by atoms with E-state index in [9.17, 15) is 0 Å². The van der Waals surface area contributed by atoms with Gasteiger partial charge in [0.05, 0.1) is 18.8 Å². The van der Waals surface area contributed by atoms with Crippen LogP contribution in [0.15, 0.2) is 51.8 Å². The van der Waals surface area contributed by atoms with Crippen LogP contribution < -0.4 is 5.32 Å². The molecule has 0 spiro atoms. The van der Waals surface area contributed by atoms with Crippen molar-refractivity contribution in [3.63, 3.8) is 0 Å². The molecule has 0 radical (unpaired) electrons. The second-order valence-corrected chi connectivity index (χ2v) is 5.02. The second kappa shape index (κ2) is 4.75. The summed E-state index contributed by atoms with van der Waals surface area (Å²) in [5.41, 5.74) is 1.23. The molecule has 0 aliphatic carbocycles. The van der Waals surface area contributed by atoms with Gasteiger partial charge < -0.3 is 5.32 Å². The Bertz CT molecular complexity index is 479. The molecule has 2 heterocycles. The predicted molar refractivity (Wildman–Crippen MR) is 73.2 cm³/mol. The van der Waals surface area contributed by atoms with Crippen LogP contribution in [0.1, 0.15) is 5.56 Å². The molecule has 0 saturated heterocycles. The van der Waals surface area contributed by atoms with Gasteiger partial charge >= 0.3 is 0 Å². The lowest BCUT2D eigenvalue weighted by Crippen LogP contribution is -2.37. The molecule has 3 nitrogen and oxygen atoms in total. The summed E-state index contributed by atoms with van der Waals surface area (Å²) in [6.07, 6.45) is 3.92. The minimum Gasteiger partial charge on any atom is -0.335 e. The monoisotopic (exact) mass is 243 g/mol. The van der Waals surface area contributed by atoms with Crippen LogP contribution >= 0.6 is 11.8 Å². The van der Waals surface area contributed by atoms with E-state index in [0.29, 0.717) is 5.92 Å². The summed E-state index contributed by atoms with van der Waals surface area (Å²) < 4.78 is 0. The van der Waals surface area contributed by atoms with E-state index in [1.165, 1.54) is 5.56 Å². The van der Waals surface area contributed by atoms with Crippen LogP contribution in [0.2, 0.25) is 0 Å². The molecule has 4 heteroatoms. The lowest BCUT2D eigenvalue weighted by molar-refractivity contribution is 0.773. The highest BCUT2D eigenvalue weighted by molar-refractivity contribution is 8.03. The maximum atomic E-state index is 4.65. The number of nitrogens with one attached hydrogen (secondary N) is 1. The topological polar surface area (TPSA) is 36.8 Å². The van der Waals surface area contributed by atoms with Gasteiger partial charge in [-0.25, -0.2) is 0 Å². The Morgan fingerprint density at radius 1 is 1.29 bits per heavy atom. The van der Waals surface area contributed by atoms with Crippen molar-refractivity contribution in [2.24, 2.45) is 15.9 Å². The molecule has 2 aliphatic rings. The third kappa shape index (κ3) is 2.26. The average molecular weight is 243 g/mol. The molecular weight excluding hydrogens is 230 g/mol. The smallest absolute Gasteiger partial charge is 0.114 e. The fourth-order valence-electron chi connectivity index (χ4n) is 1.93. The SMILES string of the molecule is C1=CC2C(=NCc3ccccc3)NC=NC2S1. The molecule has 0 fully saturated rings. The maximum Gasteiger partial charge on any atom is 0.114 e. The molecule has 0 amide bonds. The van der Waals surface area contributed by atoms with Crippen LogP contribution in [0.25, 0.3) is 0 Å². The molecule has 2 aliphatic heterocycles. The van der Waals surface area contributed by atoms with Crippen molar-refractivity contribution in [2.75, 3.05) is 0 Å². The third-order valence-corrected chi connectivity index (χ3v) is 3.84. The van der Waals surface area contributed by atoms with Crippen molar-refractivity contribution in [3.8, 4) is 0 Å². The van der Waals surface area contributed by atoms with Crippen LogP contribution in [-0.4, -0.2) is 17.5 Å². The summed E-state index contributed by atoms with van der Waals surface area (Å²) in [4.78, 5) is 9.03. The van der Waals surface area contributed by atoms with Crippen molar-refractivity contribution in [2.45, 2.75) is 11.9 Å². The Morgan fingerprint density at radius 2 is 2.18 bits per heavy atom. The van der Waals surface area contributed by atoms with Crippen molar-refractivity contribution in [1.29, 1.82) is 0 Å². The number of fused-ring (bicyclic) bond motifs is 1. The standard InChI is InChI=1S/C13H13N3S/c1-2-4-10(5-3-1)8-14-12-11-6-7-17-13(11)16-9-15-12/h1-7,9,11,13H,8H2,(H,14,15,16). The first-order valence-corrected chi connectivity index (χ1v) is 6.56. The van der Waals surface area contributed by atoms with Crippen LogP contribution in [0, 0.1) is 5.92 Å². The zero-order chi connectivity index (χ0) is 11.5. The number of amidine groups is 1. The Kier molecular flexibility index (Phi) is 2.96. The molecule has 3 rings (SSSR count). The normalized spacial score (nSPS) is 28.1. The van der Waals surface area contributed by atoms with Gasteiger partial charge in [-0.05, 0) is 11.0 Å². The summed E-state index contributed by atoms with van der Waals surface area (Å²) in [6.45, 7) is 0.721. The van der Waals surface area contributed by atoms with E-state index in [1.54, 1.807) is 18.1 Å². The number of benzene rings is 1. The van der Waals surface area contributed by atoms with Gasteiger partial charge in [0.25, 0.3) is 0 Å². The number of nitrogens with zero attached hydrogens (tertiary/aromatic N) is 2. The Labute approximate surface area is 105 Å². The molecule has 1 N–H and O–H groups in total. The van der Waals surface area contributed by atoms with Gasteiger partial charge in [-0.15, -0.1) is 11.8 Å². The van der Waals surface area contributed by atoms with Gasteiger partial charge in [-0.1, -0.05) is 36.4 Å². The van der Waals surface area contributed by atoms with Gasteiger partial charge in [-0.2, -0.15) is 0 Å². The number of hydrogen-bond acceptors (Lipinski definition) is 3. The fourth-order valence-corrected chi connectivity index (χ4v) is 2.87. The first kappa shape index (κ1) is 10.6. The molecule has 0 bridgehead atoms. The number of hydrogen-bond donors (Lipinski definition) is 1. The van der Waals surface area contributed by atoms with Gasteiger partial charge in [0, 0.05) is 0 Å². The van der Waals surface area contributed by atoms with E-state index in [4.69, 9.17) is 0 Å². The molecule has 0 saturated carbocycles. The summed E-state index contributed by atoms with van der Waals surface area (Å²) in [6, 6.07) is 10.3. The zero-order valence-corrected chi connectivity index (χ0v) is 10.1. The molecule has 2 unspecified atom stereocenters. The van der Waals surface area contributed by atoms with E-state index in [1.807, 2.05) is 18.2 Å². The van der Waals surface area contributed by atoms with Gasteiger partial charge in [0.2, 0.25) is 0 Å². The lowest BCUT2D eigenvalue weighted by atomic mass is 10.1. The second-order valence-electron chi connectivity index (χ2n) is 3.99. The first-order chi connectivity index (χ1) is 8.43. The number of rotatable bonds is 2. The summed E-state index contributed by atoms with van der Waals surface area (Å²) in [5.74, 6) is 1.34. The Morgan fingerprint density at radius 3 is 3.06 bits per heavy atom. The number of aliphatic imine (C=N–C) groups is 2. The van der Waals surface area contributed by atoms with Crippen LogP contribution in [0.5, 0.6) is 0 Å². The minimum atomic E-state index is 0.283. The minimum absolute atomic E-state index is 0.283. The van der Waals surface area contributed by atoms with Crippen molar-refractivity contribution in [1.82, 2.24) is 5.32 Å². The van der Waals surface area contributed by atoms with Crippen LogP contribution in [0.4, 0.5) is 0 Å². The molecule has 1 aromatic rings. The molecule has 86 valence electrons. The Hall–Kier alpha value is -1.55. The van der Waals surface area contributed by atoms with Crippen molar-refractivity contribution in [3.05, 3.63) is 47.4 Å². The third-order valence-electron chi connectivity index (χ3n) is 2.84. The molecular formula is C13H13N3S. The van der Waals surface area contributed by atoms with Crippen molar-refractivity contribution >= 4 is 23.9 Å². The van der Waals surface area contributed by atoms with E-state index >= 15 is 0 Å². The molecule has 2 atom stereocenters. The highest BCUT2D eigenvalue weighted by Crippen LogP contribution is 2.32. The Balaban J connectivity index is 1.76. The van der Waals surface area contributed by atoms with Gasteiger partial charge in [0.15, 0.2) is 0 Å². The van der Waals surface area contributed by atoms with Crippen molar-refractivity contribution < 1.29 is 0 Å². The summed E-state index contributed by atoms with van der Waals surface area (Å²) >= 11 is 1.75. The molecule has 17 heavy (non-hydrogen) atoms. The summed E-state index contributed by atoms with van der Waals surface area (Å²) in [7, 11) is 0. The fraction of sp³-hybridized carbons (Fsp3) is 0.231. The maximum absolute atomic E-state index is 4.65. The lowest BCUT2D eigenvalue weighted by Gasteiger charge is -2.21. The quantitative estimate of drug-likeness (QED) is 0.866. The van der Waals surface area contributed by atoms with E-state index < -0.39 is 0 Å². The average Bonchev–Trinajstić information content (AvgIpc) is 2.86. The predicted octanol–water partition coefficient (Wildman–Crippen LogP) is 2.42. The summed E-state index contributed by atoms with van der Waals surface area (Å²) in [5, 5.41) is 5.55. The highest BCUT2D eigenvalue weighted by atomic mass is 32.2. The van der Waals surface area contributed by atoms with Crippen LogP contribution in [-0.2, 0) is 6.54 Å². The first-order valence-electron chi connectivity index (χ1n) is 5.62. The van der Waals surface area contributed by atoms with Gasteiger partial charge in [-0.3, -0.25) is 9.98 Å². The van der Waals surface area contributed by atoms with Gasteiger partial charge in [0.1, 0.15) is 11.2 Å². The van der Waals surface area contributed by atoms with E-state index in [2.05, 4.69) is 38.9 Å². The highest BCUT2D eigenvalue weighted by Gasteiger charge is 2.29.